The maximum Gasteiger partial charge on any atom is 0.338 e. The summed E-state index contributed by atoms with van der Waals surface area (Å²) in [5.74, 6) is -2.73. The summed E-state index contributed by atoms with van der Waals surface area (Å²) in [6, 6.07) is 7.81. The number of ether oxygens (including phenoxy) is 4. The monoisotopic (exact) mass is 428 g/mol. The summed E-state index contributed by atoms with van der Waals surface area (Å²) in [5.41, 5.74) is 0.615. The van der Waals surface area contributed by atoms with Crippen LogP contribution in [-0.2, 0) is 19.1 Å². The van der Waals surface area contributed by atoms with Crippen LogP contribution in [0.5, 0.6) is 11.5 Å². The minimum Gasteiger partial charge on any atom is -0.462 e. The molecule has 2 aromatic rings. The third kappa shape index (κ3) is 6.97. The Bertz CT molecular complexity index is 1060. The lowest BCUT2D eigenvalue weighted by Crippen LogP contribution is -1.99. The molecule has 0 fully saturated rings. The summed E-state index contributed by atoms with van der Waals surface area (Å²) in [7, 11) is 0. The molecular formula is C23H18F2O6. The fourth-order valence-corrected chi connectivity index (χ4v) is 2.11. The second-order valence-electron chi connectivity index (χ2n) is 5.89. The van der Waals surface area contributed by atoms with Gasteiger partial charge in [-0.15, -0.1) is 0 Å². The molecule has 0 saturated heterocycles. The van der Waals surface area contributed by atoms with Gasteiger partial charge in [0.1, 0.15) is 36.6 Å². The number of benzene rings is 2. The van der Waals surface area contributed by atoms with E-state index in [1.807, 2.05) is 0 Å². The van der Waals surface area contributed by atoms with Gasteiger partial charge in [-0.05, 0) is 36.8 Å². The zero-order chi connectivity index (χ0) is 22.8. The fourth-order valence-electron chi connectivity index (χ4n) is 2.11. The lowest BCUT2D eigenvalue weighted by atomic mass is 10.0. The molecule has 0 amide bonds. The van der Waals surface area contributed by atoms with Gasteiger partial charge in [0.2, 0.25) is 0 Å². The van der Waals surface area contributed by atoms with E-state index in [4.69, 9.17) is 14.2 Å². The first-order valence-corrected chi connectivity index (χ1v) is 8.74. The Morgan fingerprint density at radius 3 is 2.26 bits per heavy atom. The predicted molar refractivity (Wildman–Crippen MR) is 109 cm³/mol. The number of halogens is 2. The van der Waals surface area contributed by atoms with Crippen LogP contribution in [0.3, 0.4) is 0 Å². The Hall–Kier alpha value is -4.20. The number of rotatable bonds is 9. The third-order valence-corrected chi connectivity index (χ3v) is 3.57. The third-order valence-electron chi connectivity index (χ3n) is 3.57. The summed E-state index contributed by atoms with van der Waals surface area (Å²) in [4.78, 5) is 22.1. The van der Waals surface area contributed by atoms with E-state index in [9.17, 15) is 18.4 Å². The van der Waals surface area contributed by atoms with Gasteiger partial charge in [0, 0.05) is 23.3 Å². The van der Waals surface area contributed by atoms with Crippen LogP contribution in [0.25, 0.3) is 11.1 Å². The van der Waals surface area contributed by atoms with E-state index in [1.165, 1.54) is 31.2 Å². The number of esters is 2. The van der Waals surface area contributed by atoms with Crippen molar-refractivity contribution in [2.24, 2.45) is 0 Å². The summed E-state index contributed by atoms with van der Waals surface area (Å²) in [6.07, 6.45) is 4.95. The summed E-state index contributed by atoms with van der Waals surface area (Å²) >= 11 is 0. The minimum absolute atomic E-state index is 0.131. The standard InChI is InChI=1S/C23H18F2O6/c1-4-22(26)30-11-10-29-21-8-5-16(13-20(21)25)18-7-6-17(14-19(18)24)28-9-12-31-23(27)15(2)3/h4-14H,1-2H2,3H3/b11-10-,12-9-. The summed E-state index contributed by atoms with van der Waals surface area (Å²) in [6.45, 7) is 8.14. The Labute approximate surface area is 177 Å². The zero-order valence-electron chi connectivity index (χ0n) is 16.5. The van der Waals surface area contributed by atoms with Crippen molar-refractivity contribution in [1.82, 2.24) is 0 Å². The molecule has 2 rings (SSSR count). The highest BCUT2D eigenvalue weighted by molar-refractivity contribution is 5.87. The molecule has 0 heterocycles. The number of hydrogen-bond acceptors (Lipinski definition) is 6. The van der Waals surface area contributed by atoms with Gasteiger partial charge in [0.05, 0.1) is 0 Å². The van der Waals surface area contributed by atoms with Crippen molar-refractivity contribution in [1.29, 1.82) is 0 Å². The topological polar surface area (TPSA) is 71.1 Å². The van der Waals surface area contributed by atoms with Crippen LogP contribution in [0.2, 0.25) is 0 Å². The van der Waals surface area contributed by atoms with Crippen molar-refractivity contribution in [2.45, 2.75) is 6.92 Å². The minimum atomic E-state index is -0.751. The molecule has 2 aromatic carbocycles. The average Bonchev–Trinajstić information content (AvgIpc) is 2.74. The highest BCUT2D eigenvalue weighted by atomic mass is 19.1. The largest absolute Gasteiger partial charge is 0.462 e. The maximum atomic E-state index is 14.4. The van der Waals surface area contributed by atoms with Gasteiger partial charge in [-0.3, -0.25) is 0 Å². The SMILES string of the molecule is C=CC(=O)O/C=C\Oc1ccc(-c2ccc(O/C=C\OC(=O)C(=C)C)cc2F)cc1F. The predicted octanol–water partition coefficient (Wildman–Crippen LogP) is 5.18. The van der Waals surface area contributed by atoms with Gasteiger partial charge in [0.25, 0.3) is 0 Å². The van der Waals surface area contributed by atoms with Gasteiger partial charge >= 0.3 is 11.9 Å². The van der Waals surface area contributed by atoms with Crippen LogP contribution in [0, 0.1) is 11.6 Å². The van der Waals surface area contributed by atoms with Gasteiger partial charge in [-0.1, -0.05) is 19.2 Å². The van der Waals surface area contributed by atoms with Crippen LogP contribution in [0.4, 0.5) is 8.78 Å². The normalized spacial score (nSPS) is 10.7. The molecule has 0 aliphatic rings. The van der Waals surface area contributed by atoms with E-state index in [0.717, 1.165) is 43.3 Å². The van der Waals surface area contributed by atoms with E-state index in [1.54, 1.807) is 0 Å². The molecule has 0 unspecified atom stereocenters. The quantitative estimate of drug-likeness (QED) is 0.311. The first-order chi connectivity index (χ1) is 14.8. The highest BCUT2D eigenvalue weighted by Gasteiger charge is 2.11. The fraction of sp³-hybridized carbons (Fsp3) is 0.0435. The van der Waals surface area contributed by atoms with Crippen molar-refractivity contribution in [2.75, 3.05) is 0 Å². The molecule has 0 N–H and O–H groups in total. The molecular weight excluding hydrogens is 410 g/mol. The van der Waals surface area contributed by atoms with E-state index in [2.05, 4.69) is 17.9 Å². The molecule has 0 radical (unpaired) electrons. The average molecular weight is 428 g/mol. The van der Waals surface area contributed by atoms with Crippen molar-refractivity contribution in [3.05, 3.63) is 97.9 Å². The Kier molecular flexibility index (Phi) is 8.27. The smallest absolute Gasteiger partial charge is 0.338 e. The van der Waals surface area contributed by atoms with E-state index in [0.29, 0.717) is 0 Å². The van der Waals surface area contributed by atoms with Crippen LogP contribution in [0.1, 0.15) is 6.92 Å². The Balaban J connectivity index is 2.04. The van der Waals surface area contributed by atoms with E-state index in [-0.39, 0.29) is 28.2 Å². The van der Waals surface area contributed by atoms with Gasteiger partial charge in [-0.25, -0.2) is 18.4 Å². The molecule has 0 spiro atoms. The number of carbonyl (C=O) groups is 2. The zero-order valence-corrected chi connectivity index (χ0v) is 16.5. The van der Waals surface area contributed by atoms with Crippen molar-refractivity contribution < 1.29 is 37.3 Å². The van der Waals surface area contributed by atoms with Crippen molar-refractivity contribution in [3.8, 4) is 22.6 Å². The summed E-state index contributed by atoms with van der Waals surface area (Å²) < 4.78 is 48.1. The molecule has 0 aromatic heterocycles. The molecule has 8 heteroatoms. The lowest BCUT2D eigenvalue weighted by molar-refractivity contribution is -0.134. The molecule has 0 bridgehead atoms. The second-order valence-corrected chi connectivity index (χ2v) is 5.89. The maximum absolute atomic E-state index is 14.4. The molecule has 0 aliphatic carbocycles. The van der Waals surface area contributed by atoms with Crippen molar-refractivity contribution in [3.63, 3.8) is 0 Å². The Morgan fingerprint density at radius 2 is 1.61 bits per heavy atom. The number of carbonyl (C=O) groups excluding carboxylic acids is 2. The first kappa shape index (κ1) is 23.1. The molecule has 6 nitrogen and oxygen atoms in total. The van der Waals surface area contributed by atoms with Gasteiger partial charge < -0.3 is 18.9 Å². The Morgan fingerprint density at radius 1 is 0.903 bits per heavy atom. The van der Waals surface area contributed by atoms with Gasteiger partial charge in [0.15, 0.2) is 11.6 Å². The first-order valence-electron chi connectivity index (χ1n) is 8.74. The number of hydrogen-bond donors (Lipinski definition) is 0. The van der Waals surface area contributed by atoms with Crippen LogP contribution in [0.15, 0.2) is 86.3 Å². The molecule has 0 saturated carbocycles. The molecule has 0 aliphatic heterocycles. The van der Waals surface area contributed by atoms with E-state index >= 15 is 0 Å². The van der Waals surface area contributed by atoms with Gasteiger partial charge in [-0.2, -0.15) is 0 Å². The van der Waals surface area contributed by atoms with Crippen LogP contribution >= 0.6 is 0 Å². The molecule has 160 valence electrons. The second kappa shape index (κ2) is 11.1. The molecule has 0 atom stereocenters. The molecule has 31 heavy (non-hydrogen) atoms. The van der Waals surface area contributed by atoms with Crippen LogP contribution in [-0.4, -0.2) is 11.9 Å². The summed E-state index contributed by atoms with van der Waals surface area (Å²) in [5, 5.41) is 0. The lowest BCUT2D eigenvalue weighted by Gasteiger charge is -2.08. The van der Waals surface area contributed by atoms with Crippen molar-refractivity contribution >= 4 is 11.9 Å². The van der Waals surface area contributed by atoms with E-state index < -0.39 is 23.6 Å². The highest BCUT2D eigenvalue weighted by Crippen LogP contribution is 2.29. The van der Waals surface area contributed by atoms with Crippen LogP contribution < -0.4 is 9.47 Å².